The molecule has 1 N–H and O–H groups in total. The van der Waals surface area contributed by atoms with E-state index in [0.29, 0.717) is 12.4 Å². The lowest BCUT2D eigenvalue weighted by Crippen LogP contribution is -2.34. The third-order valence-electron chi connectivity index (χ3n) is 4.72. The van der Waals surface area contributed by atoms with Crippen molar-refractivity contribution in [3.63, 3.8) is 0 Å². The molecule has 0 aliphatic heterocycles. The summed E-state index contributed by atoms with van der Waals surface area (Å²) < 4.78 is 4.94. The largest absolute Gasteiger partial charge is 0.353 e. The van der Waals surface area contributed by atoms with Crippen LogP contribution in [0.1, 0.15) is 11.4 Å². The molecule has 29 heavy (non-hydrogen) atoms. The van der Waals surface area contributed by atoms with Crippen LogP contribution in [0.3, 0.4) is 0 Å². The maximum Gasteiger partial charge on any atom is 0.266 e. The zero-order valence-electron chi connectivity index (χ0n) is 16.4. The van der Waals surface area contributed by atoms with Crippen LogP contribution < -0.4 is 10.9 Å². The predicted octanol–water partition coefficient (Wildman–Crippen LogP) is 1.82. The number of rotatable bonds is 6. The Bertz CT molecular complexity index is 1230. The maximum absolute atomic E-state index is 12.3. The van der Waals surface area contributed by atoms with E-state index < -0.39 is 0 Å². The fourth-order valence-corrected chi connectivity index (χ4v) is 3.36. The normalized spacial score (nSPS) is 11.1. The van der Waals surface area contributed by atoms with Crippen molar-refractivity contribution in [3.8, 4) is 5.82 Å². The third-order valence-corrected chi connectivity index (χ3v) is 4.72. The van der Waals surface area contributed by atoms with E-state index in [0.717, 1.165) is 22.3 Å². The maximum atomic E-state index is 12.3. The lowest BCUT2D eigenvalue weighted by atomic mass is 10.2. The number of hydrogen-bond acceptors (Lipinski definition) is 4. The van der Waals surface area contributed by atoms with Gasteiger partial charge in [-0.2, -0.15) is 5.10 Å². The van der Waals surface area contributed by atoms with Crippen LogP contribution >= 0.6 is 0 Å². The van der Waals surface area contributed by atoms with Crippen molar-refractivity contribution >= 4 is 16.8 Å². The first-order chi connectivity index (χ1) is 14.0. The fraction of sp³-hybridized carbons (Fsp3) is 0.238. The highest BCUT2D eigenvalue weighted by Gasteiger charge is 2.09. The van der Waals surface area contributed by atoms with Crippen LogP contribution in [-0.2, 0) is 17.9 Å². The minimum atomic E-state index is -0.221. The lowest BCUT2D eigenvalue weighted by Gasteiger charge is -2.10. The number of aromatic nitrogens is 5. The highest BCUT2D eigenvalue weighted by atomic mass is 16.2. The van der Waals surface area contributed by atoms with Crippen molar-refractivity contribution in [1.29, 1.82) is 0 Å². The van der Waals surface area contributed by atoms with Crippen molar-refractivity contribution in [1.82, 2.24) is 29.4 Å². The molecule has 148 valence electrons. The van der Waals surface area contributed by atoms with Crippen LogP contribution in [0.25, 0.3) is 16.7 Å². The Balaban J connectivity index is 1.40. The summed E-state index contributed by atoms with van der Waals surface area (Å²) in [5.74, 6) is 0.453. The summed E-state index contributed by atoms with van der Waals surface area (Å²) in [6.45, 7) is 4.66. The Kier molecular flexibility index (Phi) is 4.99. The van der Waals surface area contributed by atoms with Gasteiger partial charge in [-0.25, -0.2) is 9.36 Å². The average Bonchev–Trinajstić information content (AvgIpc) is 3.26. The third kappa shape index (κ3) is 3.96. The molecule has 8 heteroatoms. The number of para-hydroxylation sites is 1. The van der Waals surface area contributed by atoms with E-state index >= 15 is 0 Å². The lowest BCUT2D eigenvalue weighted by molar-refractivity contribution is -0.121. The minimum Gasteiger partial charge on any atom is -0.353 e. The molecule has 0 aliphatic rings. The second-order valence-electron chi connectivity index (χ2n) is 6.94. The second-order valence-corrected chi connectivity index (χ2v) is 6.94. The first kappa shape index (κ1) is 18.7. The molecular weight excluding hydrogens is 368 g/mol. The molecule has 0 saturated carbocycles. The quantitative estimate of drug-likeness (QED) is 0.544. The number of carbonyl (C=O) groups is 1. The molecule has 0 radical (unpaired) electrons. The molecule has 0 atom stereocenters. The summed E-state index contributed by atoms with van der Waals surface area (Å²) in [6, 6.07) is 15.0. The summed E-state index contributed by atoms with van der Waals surface area (Å²) >= 11 is 0. The van der Waals surface area contributed by atoms with Crippen LogP contribution in [-0.4, -0.2) is 36.6 Å². The zero-order valence-corrected chi connectivity index (χ0v) is 16.4. The number of hydrogen-bond donors (Lipinski definition) is 1. The Labute approximate surface area is 167 Å². The van der Waals surface area contributed by atoms with Gasteiger partial charge in [0, 0.05) is 30.0 Å². The number of nitrogens with one attached hydrogen (secondary N) is 1. The molecule has 0 unspecified atom stereocenters. The Morgan fingerprint density at radius 2 is 1.90 bits per heavy atom. The van der Waals surface area contributed by atoms with E-state index in [2.05, 4.69) is 15.5 Å². The van der Waals surface area contributed by atoms with E-state index in [1.807, 2.05) is 61.0 Å². The van der Waals surface area contributed by atoms with Crippen LogP contribution in [0.2, 0.25) is 0 Å². The number of carbonyl (C=O) groups excluding carboxylic acids is 1. The molecule has 0 saturated heterocycles. The van der Waals surface area contributed by atoms with Crippen LogP contribution in [0.15, 0.2) is 59.5 Å². The van der Waals surface area contributed by atoms with E-state index in [1.54, 1.807) is 10.7 Å². The van der Waals surface area contributed by atoms with Crippen LogP contribution in [0.5, 0.6) is 0 Å². The molecule has 3 aromatic heterocycles. The van der Waals surface area contributed by atoms with E-state index in [1.165, 1.54) is 10.7 Å². The van der Waals surface area contributed by atoms with Crippen molar-refractivity contribution in [2.45, 2.75) is 26.9 Å². The van der Waals surface area contributed by atoms with Gasteiger partial charge in [-0.05, 0) is 43.5 Å². The Hall–Kier alpha value is -3.68. The first-order valence-corrected chi connectivity index (χ1v) is 9.44. The van der Waals surface area contributed by atoms with Crippen molar-refractivity contribution < 1.29 is 4.79 Å². The predicted molar refractivity (Wildman–Crippen MR) is 110 cm³/mol. The smallest absolute Gasteiger partial charge is 0.266 e. The molecule has 4 aromatic rings. The highest BCUT2D eigenvalue weighted by Crippen LogP contribution is 2.14. The number of fused-ring (bicyclic) bond motifs is 1. The molecule has 8 nitrogen and oxygen atoms in total. The van der Waals surface area contributed by atoms with Gasteiger partial charge in [0.1, 0.15) is 6.54 Å². The van der Waals surface area contributed by atoms with Crippen LogP contribution in [0.4, 0.5) is 0 Å². The van der Waals surface area contributed by atoms with Gasteiger partial charge in [0.25, 0.3) is 5.56 Å². The summed E-state index contributed by atoms with van der Waals surface area (Å²) in [7, 11) is 0. The van der Waals surface area contributed by atoms with E-state index in [-0.39, 0.29) is 24.6 Å². The minimum absolute atomic E-state index is 0.117. The van der Waals surface area contributed by atoms with Crippen molar-refractivity contribution in [3.05, 3.63) is 76.5 Å². The average molecular weight is 390 g/mol. The molecule has 0 spiro atoms. The molecular formula is C21H22N6O2. The van der Waals surface area contributed by atoms with Crippen molar-refractivity contribution in [2.24, 2.45) is 0 Å². The molecule has 0 aliphatic carbocycles. The van der Waals surface area contributed by atoms with Gasteiger partial charge in [0.15, 0.2) is 5.82 Å². The molecule has 1 amide bonds. The second kappa shape index (κ2) is 7.75. The number of aryl methyl sites for hydroxylation is 2. The van der Waals surface area contributed by atoms with E-state index in [4.69, 9.17) is 0 Å². The highest BCUT2D eigenvalue weighted by molar-refractivity contribution is 5.83. The van der Waals surface area contributed by atoms with E-state index in [9.17, 15) is 9.59 Å². The molecule has 0 bridgehead atoms. The van der Waals surface area contributed by atoms with Crippen molar-refractivity contribution in [2.75, 3.05) is 6.54 Å². The standard InChI is InChI=1S/C21H22N6O2/c1-15-13-16(2)27(23-15)19-7-8-21(29)26(24-19)12-10-22-20(28)14-25-11-9-17-5-3-4-6-18(17)25/h3-9,11,13H,10,12,14H2,1-2H3,(H,22,28). The fourth-order valence-electron chi connectivity index (χ4n) is 3.36. The van der Waals surface area contributed by atoms with Gasteiger partial charge >= 0.3 is 0 Å². The SMILES string of the molecule is Cc1cc(C)n(-c2ccc(=O)n(CCNC(=O)Cn3ccc4ccccc43)n2)n1. The summed E-state index contributed by atoms with van der Waals surface area (Å²) in [6.07, 6.45) is 1.90. The number of amides is 1. The van der Waals surface area contributed by atoms with Gasteiger partial charge < -0.3 is 9.88 Å². The number of nitrogens with zero attached hydrogens (tertiary/aromatic N) is 5. The van der Waals surface area contributed by atoms with Gasteiger partial charge in [0.05, 0.1) is 12.2 Å². The Morgan fingerprint density at radius 1 is 1.07 bits per heavy atom. The first-order valence-electron chi connectivity index (χ1n) is 9.44. The summed E-state index contributed by atoms with van der Waals surface area (Å²) in [5, 5.41) is 12.7. The monoisotopic (exact) mass is 390 g/mol. The topological polar surface area (TPSA) is 86.7 Å². The van der Waals surface area contributed by atoms with Gasteiger partial charge in [-0.3, -0.25) is 9.59 Å². The number of benzene rings is 1. The van der Waals surface area contributed by atoms with Gasteiger partial charge in [-0.15, -0.1) is 5.10 Å². The molecule has 4 rings (SSSR count). The molecule has 0 fully saturated rings. The molecule has 1 aromatic carbocycles. The van der Waals surface area contributed by atoms with Gasteiger partial charge in [-0.1, -0.05) is 18.2 Å². The van der Waals surface area contributed by atoms with Gasteiger partial charge in [0.2, 0.25) is 5.91 Å². The summed E-state index contributed by atoms with van der Waals surface area (Å²) in [5.41, 5.74) is 2.61. The zero-order chi connectivity index (χ0) is 20.4. The Morgan fingerprint density at radius 3 is 2.69 bits per heavy atom. The van der Waals surface area contributed by atoms with Crippen LogP contribution in [0, 0.1) is 13.8 Å². The summed E-state index contributed by atoms with van der Waals surface area (Å²) in [4.78, 5) is 24.4. The molecule has 3 heterocycles.